The smallest absolute Gasteiger partial charge is 0.239 e. The van der Waals surface area contributed by atoms with Crippen LogP contribution >= 0.6 is 15.9 Å². The summed E-state index contributed by atoms with van der Waals surface area (Å²) >= 11 is 3.36. The van der Waals surface area contributed by atoms with Crippen molar-refractivity contribution in [1.29, 1.82) is 0 Å². The number of carbonyl (C=O) groups excluding carboxylic acids is 2. The van der Waals surface area contributed by atoms with E-state index in [9.17, 15) is 9.59 Å². The lowest BCUT2D eigenvalue weighted by molar-refractivity contribution is -0.138. The van der Waals surface area contributed by atoms with E-state index in [2.05, 4.69) is 26.6 Å². The van der Waals surface area contributed by atoms with Crippen molar-refractivity contribution in [3.8, 4) is 0 Å². The number of anilines is 1. The van der Waals surface area contributed by atoms with Crippen molar-refractivity contribution in [2.45, 2.75) is 27.2 Å². The van der Waals surface area contributed by atoms with E-state index in [0.29, 0.717) is 12.2 Å². The minimum atomic E-state index is -1.11. The normalized spacial score (nSPS) is 10.9. The molecule has 0 aromatic heterocycles. The van der Waals surface area contributed by atoms with Crippen molar-refractivity contribution >= 4 is 33.4 Å². The van der Waals surface area contributed by atoms with Gasteiger partial charge in [-0.2, -0.15) is 0 Å². The van der Waals surface area contributed by atoms with E-state index in [1.54, 1.807) is 19.9 Å². The highest BCUT2D eigenvalue weighted by molar-refractivity contribution is 9.10. The fourth-order valence-electron chi connectivity index (χ4n) is 1.40. The topological polar surface area (TPSA) is 58.2 Å². The number of rotatable bonds is 5. The van der Waals surface area contributed by atoms with Crippen LogP contribution in [0.15, 0.2) is 28.7 Å². The second-order valence-electron chi connectivity index (χ2n) is 4.81. The molecule has 5 heteroatoms. The molecule has 4 nitrogen and oxygen atoms in total. The molecule has 0 fully saturated rings. The fraction of sp³-hybridized carbons (Fsp3) is 0.429. The molecule has 0 spiro atoms. The van der Waals surface area contributed by atoms with Crippen molar-refractivity contribution in [3.63, 3.8) is 0 Å². The third kappa shape index (κ3) is 4.06. The summed E-state index contributed by atoms with van der Waals surface area (Å²) in [5.74, 6) is -0.591. The summed E-state index contributed by atoms with van der Waals surface area (Å²) < 4.78 is 0.785. The Labute approximate surface area is 122 Å². The van der Waals surface area contributed by atoms with Gasteiger partial charge in [-0.15, -0.1) is 0 Å². The average molecular weight is 327 g/mol. The number of carbonyl (C=O) groups is 2. The van der Waals surface area contributed by atoms with E-state index in [4.69, 9.17) is 0 Å². The van der Waals surface area contributed by atoms with Crippen LogP contribution in [0, 0.1) is 5.41 Å². The van der Waals surface area contributed by atoms with E-state index in [-0.39, 0.29) is 11.8 Å². The Morgan fingerprint density at radius 1 is 1.21 bits per heavy atom. The van der Waals surface area contributed by atoms with Gasteiger partial charge < -0.3 is 10.6 Å². The van der Waals surface area contributed by atoms with E-state index in [0.717, 1.165) is 10.9 Å². The van der Waals surface area contributed by atoms with Gasteiger partial charge in [-0.3, -0.25) is 9.59 Å². The summed E-state index contributed by atoms with van der Waals surface area (Å²) in [6.45, 7) is 5.77. The molecule has 0 aliphatic rings. The Hall–Kier alpha value is -1.36. The molecule has 0 radical (unpaired) electrons. The number of hydrogen-bond acceptors (Lipinski definition) is 2. The zero-order valence-corrected chi connectivity index (χ0v) is 13.0. The minimum absolute atomic E-state index is 0.265. The van der Waals surface area contributed by atoms with Gasteiger partial charge in [-0.25, -0.2) is 0 Å². The molecule has 1 aromatic rings. The fourth-order valence-corrected chi connectivity index (χ4v) is 1.79. The number of benzene rings is 1. The van der Waals surface area contributed by atoms with Gasteiger partial charge in [0.15, 0.2) is 0 Å². The van der Waals surface area contributed by atoms with Crippen molar-refractivity contribution < 1.29 is 9.59 Å². The quantitative estimate of drug-likeness (QED) is 0.817. The van der Waals surface area contributed by atoms with E-state index < -0.39 is 5.41 Å². The molecule has 104 valence electrons. The Balaban J connectivity index is 2.76. The summed E-state index contributed by atoms with van der Waals surface area (Å²) in [6.07, 6.45) is 0.841. The Kier molecular flexibility index (Phi) is 5.54. The number of hydrogen-bond donors (Lipinski definition) is 2. The van der Waals surface area contributed by atoms with Crippen molar-refractivity contribution in [3.05, 3.63) is 28.7 Å². The van der Waals surface area contributed by atoms with Crippen molar-refractivity contribution in [1.82, 2.24) is 5.32 Å². The maximum Gasteiger partial charge on any atom is 0.239 e. The Morgan fingerprint density at radius 3 is 2.42 bits per heavy atom. The maximum atomic E-state index is 12.2. The van der Waals surface area contributed by atoms with Gasteiger partial charge in [0.1, 0.15) is 5.41 Å². The van der Waals surface area contributed by atoms with E-state index >= 15 is 0 Å². The van der Waals surface area contributed by atoms with Crippen LogP contribution < -0.4 is 10.6 Å². The van der Waals surface area contributed by atoms with Gasteiger partial charge in [-0.05, 0) is 48.3 Å². The largest absolute Gasteiger partial charge is 0.355 e. The summed E-state index contributed by atoms with van der Waals surface area (Å²) in [6, 6.07) is 7.30. The number of nitrogens with one attached hydrogen (secondary N) is 2. The summed E-state index contributed by atoms with van der Waals surface area (Å²) in [5.41, 5.74) is -0.450. The molecule has 0 aliphatic carbocycles. The van der Waals surface area contributed by atoms with Crippen LogP contribution in [-0.4, -0.2) is 18.4 Å². The SMILES string of the molecule is CCCNC(=O)C(C)(C)C(=O)Nc1ccccc1Br. The standard InChI is InChI=1S/C14H19BrN2O2/c1-4-9-16-12(18)14(2,3)13(19)17-11-8-6-5-7-10(11)15/h5-8H,4,9H2,1-3H3,(H,16,18)(H,17,19). The number of amides is 2. The highest BCUT2D eigenvalue weighted by Crippen LogP contribution is 2.24. The molecule has 19 heavy (non-hydrogen) atoms. The first-order chi connectivity index (χ1) is 8.89. The van der Waals surface area contributed by atoms with Gasteiger partial charge in [0.05, 0.1) is 5.69 Å². The molecule has 0 saturated carbocycles. The van der Waals surface area contributed by atoms with Crippen LogP contribution in [0.5, 0.6) is 0 Å². The number of para-hydroxylation sites is 1. The first-order valence-electron chi connectivity index (χ1n) is 6.24. The first kappa shape index (κ1) is 15.7. The van der Waals surface area contributed by atoms with Crippen LogP contribution in [0.25, 0.3) is 0 Å². The Bertz CT molecular complexity index is 472. The lowest BCUT2D eigenvalue weighted by atomic mass is 9.91. The molecule has 0 atom stereocenters. The highest BCUT2D eigenvalue weighted by atomic mass is 79.9. The molecular weight excluding hydrogens is 308 g/mol. The third-order valence-corrected chi connectivity index (χ3v) is 3.48. The van der Waals surface area contributed by atoms with Crippen molar-refractivity contribution in [2.75, 3.05) is 11.9 Å². The predicted octanol–water partition coefficient (Wildman–Crippen LogP) is 2.94. The molecule has 1 rings (SSSR count). The lowest BCUT2D eigenvalue weighted by Gasteiger charge is -2.22. The molecule has 0 bridgehead atoms. The molecular formula is C14H19BrN2O2. The molecule has 0 aliphatic heterocycles. The maximum absolute atomic E-state index is 12.2. The van der Waals surface area contributed by atoms with Crippen LogP contribution in [0.3, 0.4) is 0 Å². The van der Waals surface area contributed by atoms with Crippen LogP contribution in [-0.2, 0) is 9.59 Å². The van der Waals surface area contributed by atoms with Crippen molar-refractivity contribution in [2.24, 2.45) is 5.41 Å². The van der Waals surface area contributed by atoms with E-state index in [1.807, 2.05) is 25.1 Å². The molecule has 0 saturated heterocycles. The van der Waals surface area contributed by atoms with Gasteiger partial charge in [0, 0.05) is 11.0 Å². The van der Waals surface area contributed by atoms with E-state index in [1.165, 1.54) is 0 Å². The van der Waals surface area contributed by atoms with Crippen LogP contribution in [0.2, 0.25) is 0 Å². The summed E-state index contributed by atoms with van der Waals surface area (Å²) in [4.78, 5) is 24.2. The second-order valence-corrected chi connectivity index (χ2v) is 5.67. The zero-order chi connectivity index (χ0) is 14.5. The molecule has 0 unspecified atom stereocenters. The molecule has 2 N–H and O–H groups in total. The summed E-state index contributed by atoms with van der Waals surface area (Å²) in [5, 5.41) is 5.50. The first-order valence-corrected chi connectivity index (χ1v) is 7.03. The summed E-state index contributed by atoms with van der Waals surface area (Å²) in [7, 11) is 0. The van der Waals surface area contributed by atoms with Gasteiger partial charge in [0.2, 0.25) is 11.8 Å². The molecule has 2 amide bonds. The highest BCUT2D eigenvalue weighted by Gasteiger charge is 2.35. The molecule has 0 heterocycles. The molecule has 1 aromatic carbocycles. The second kappa shape index (κ2) is 6.70. The lowest BCUT2D eigenvalue weighted by Crippen LogP contribution is -2.45. The average Bonchev–Trinajstić information content (AvgIpc) is 2.38. The Morgan fingerprint density at radius 2 is 1.84 bits per heavy atom. The number of halogens is 1. The van der Waals surface area contributed by atoms with Gasteiger partial charge >= 0.3 is 0 Å². The van der Waals surface area contributed by atoms with Gasteiger partial charge in [-0.1, -0.05) is 19.1 Å². The zero-order valence-electron chi connectivity index (χ0n) is 11.4. The predicted molar refractivity (Wildman–Crippen MR) is 79.9 cm³/mol. The van der Waals surface area contributed by atoms with Gasteiger partial charge in [0.25, 0.3) is 0 Å². The minimum Gasteiger partial charge on any atom is -0.355 e. The van der Waals surface area contributed by atoms with Crippen LogP contribution in [0.1, 0.15) is 27.2 Å². The van der Waals surface area contributed by atoms with Crippen LogP contribution in [0.4, 0.5) is 5.69 Å². The monoisotopic (exact) mass is 326 g/mol. The third-order valence-electron chi connectivity index (χ3n) is 2.79.